The summed E-state index contributed by atoms with van der Waals surface area (Å²) in [6, 6.07) is 5.71. The molecule has 2 aromatic rings. The second kappa shape index (κ2) is 9.18. The van der Waals surface area contributed by atoms with Gasteiger partial charge in [0.2, 0.25) is 15.9 Å². The summed E-state index contributed by atoms with van der Waals surface area (Å²) in [4.78, 5) is 16.1. The van der Waals surface area contributed by atoms with Crippen LogP contribution in [0.25, 0.3) is 0 Å². The number of benzene rings is 1. The van der Waals surface area contributed by atoms with Gasteiger partial charge in [-0.1, -0.05) is 12.1 Å². The largest absolute Gasteiger partial charge is 0.350 e. The standard InChI is InChI=1S/C22H31N3O3S2/c1-15-13-16(2)18(4)21(17(15)3)30(27,28)25-10-8-24(9-11-25)19(5)22(26)23-14-20-7-6-12-29-20/h6-7,12-13,19H,8-11,14H2,1-5H3,(H,23,26). The van der Waals surface area contributed by atoms with E-state index in [1.165, 1.54) is 0 Å². The maximum absolute atomic E-state index is 13.4. The van der Waals surface area contributed by atoms with Gasteiger partial charge in [0, 0.05) is 31.1 Å². The molecule has 1 N–H and O–H groups in total. The van der Waals surface area contributed by atoms with Crippen LogP contribution in [0.1, 0.15) is 34.1 Å². The second-order valence-electron chi connectivity index (χ2n) is 8.00. The predicted molar refractivity (Wildman–Crippen MR) is 121 cm³/mol. The van der Waals surface area contributed by atoms with E-state index >= 15 is 0 Å². The lowest BCUT2D eigenvalue weighted by atomic mass is 10.0. The summed E-state index contributed by atoms with van der Waals surface area (Å²) in [5.74, 6) is -0.0271. The van der Waals surface area contributed by atoms with Crippen molar-refractivity contribution in [3.63, 3.8) is 0 Å². The number of hydrogen-bond acceptors (Lipinski definition) is 5. The number of sulfonamides is 1. The molecule has 1 aromatic carbocycles. The van der Waals surface area contributed by atoms with E-state index in [4.69, 9.17) is 0 Å². The Hall–Kier alpha value is -1.74. The van der Waals surface area contributed by atoms with Crippen LogP contribution in [0.15, 0.2) is 28.5 Å². The molecule has 1 atom stereocenters. The van der Waals surface area contributed by atoms with Gasteiger partial charge in [-0.15, -0.1) is 11.3 Å². The molecule has 30 heavy (non-hydrogen) atoms. The highest BCUT2D eigenvalue weighted by Gasteiger charge is 2.34. The van der Waals surface area contributed by atoms with Crippen molar-refractivity contribution in [1.82, 2.24) is 14.5 Å². The summed E-state index contributed by atoms with van der Waals surface area (Å²) >= 11 is 1.62. The van der Waals surface area contributed by atoms with Crippen LogP contribution in [-0.2, 0) is 21.4 Å². The Morgan fingerprint density at radius 2 is 1.70 bits per heavy atom. The maximum atomic E-state index is 13.4. The summed E-state index contributed by atoms with van der Waals surface area (Å²) in [6.07, 6.45) is 0. The maximum Gasteiger partial charge on any atom is 0.243 e. The molecule has 164 valence electrons. The molecule has 2 heterocycles. The van der Waals surface area contributed by atoms with Gasteiger partial charge in [0.15, 0.2) is 0 Å². The third-order valence-electron chi connectivity index (χ3n) is 6.11. The van der Waals surface area contributed by atoms with Crippen LogP contribution in [0.4, 0.5) is 0 Å². The summed E-state index contributed by atoms with van der Waals surface area (Å²) in [7, 11) is -3.57. The normalized spacial score (nSPS) is 17.1. The third kappa shape index (κ3) is 4.61. The number of aryl methyl sites for hydroxylation is 2. The van der Waals surface area contributed by atoms with Gasteiger partial charge in [0.25, 0.3) is 0 Å². The minimum Gasteiger partial charge on any atom is -0.350 e. The van der Waals surface area contributed by atoms with Gasteiger partial charge in [0.05, 0.1) is 17.5 Å². The monoisotopic (exact) mass is 449 g/mol. The van der Waals surface area contributed by atoms with Crippen molar-refractivity contribution in [3.05, 3.63) is 50.7 Å². The van der Waals surface area contributed by atoms with Gasteiger partial charge in [-0.05, 0) is 68.3 Å². The van der Waals surface area contributed by atoms with E-state index in [1.807, 2.05) is 58.2 Å². The number of rotatable bonds is 6. The molecule has 6 nitrogen and oxygen atoms in total. The molecule has 0 radical (unpaired) electrons. The van der Waals surface area contributed by atoms with E-state index in [-0.39, 0.29) is 11.9 Å². The summed E-state index contributed by atoms with van der Waals surface area (Å²) in [5, 5.41) is 4.96. The number of piperazine rings is 1. The number of nitrogens with zero attached hydrogens (tertiary/aromatic N) is 2. The molecule has 1 unspecified atom stereocenters. The summed E-state index contributed by atoms with van der Waals surface area (Å²) < 4.78 is 28.4. The second-order valence-corrected chi connectivity index (χ2v) is 10.9. The quantitative estimate of drug-likeness (QED) is 0.736. The Kier molecular flexibility index (Phi) is 7.02. The summed E-state index contributed by atoms with van der Waals surface area (Å²) in [6.45, 7) is 11.9. The van der Waals surface area contributed by atoms with E-state index in [0.717, 1.165) is 27.1 Å². The molecule has 1 amide bonds. The molecule has 1 saturated heterocycles. The van der Waals surface area contributed by atoms with E-state index < -0.39 is 10.0 Å². The van der Waals surface area contributed by atoms with Crippen LogP contribution in [-0.4, -0.2) is 55.8 Å². The molecule has 0 spiro atoms. The third-order valence-corrected chi connectivity index (χ3v) is 9.16. The molecule has 1 aliphatic rings. The van der Waals surface area contributed by atoms with Gasteiger partial charge in [-0.2, -0.15) is 4.31 Å². The highest BCUT2D eigenvalue weighted by Crippen LogP contribution is 2.29. The Balaban J connectivity index is 1.65. The Labute approximate surface area is 183 Å². The smallest absolute Gasteiger partial charge is 0.243 e. The lowest BCUT2D eigenvalue weighted by molar-refractivity contribution is -0.126. The van der Waals surface area contributed by atoms with Gasteiger partial charge < -0.3 is 5.32 Å². The molecule has 0 bridgehead atoms. The van der Waals surface area contributed by atoms with E-state index in [9.17, 15) is 13.2 Å². The summed E-state index contributed by atoms with van der Waals surface area (Å²) in [5.41, 5.74) is 3.63. The van der Waals surface area contributed by atoms with Crippen molar-refractivity contribution in [2.24, 2.45) is 0 Å². The van der Waals surface area contributed by atoms with Crippen LogP contribution in [0, 0.1) is 27.7 Å². The number of hydrogen-bond donors (Lipinski definition) is 1. The van der Waals surface area contributed by atoms with Crippen molar-refractivity contribution in [2.45, 2.75) is 52.1 Å². The number of amides is 1. The van der Waals surface area contributed by atoms with Crippen molar-refractivity contribution in [1.29, 1.82) is 0 Å². The molecule has 3 rings (SSSR count). The van der Waals surface area contributed by atoms with E-state index in [0.29, 0.717) is 37.6 Å². The molecule has 1 aliphatic heterocycles. The number of carbonyl (C=O) groups excluding carboxylic acids is 1. The Morgan fingerprint density at radius 3 is 2.23 bits per heavy atom. The van der Waals surface area contributed by atoms with Crippen molar-refractivity contribution < 1.29 is 13.2 Å². The van der Waals surface area contributed by atoms with E-state index in [1.54, 1.807) is 15.6 Å². The van der Waals surface area contributed by atoms with Crippen molar-refractivity contribution in [2.75, 3.05) is 26.2 Å². The fraction of sp³-hybridized carbons (Fsp3) is 0.500. The van der Waals surface area contributed by atoms with Crippen LogP contribution in [0.3, 0.4) is 0 Å². The topological polar surface area (TPSA) is 69.7 Å². The first kappa shape index (κ1) is 22.9. The van der Waals surface area contributed by atoms with Crippen LogP contribution in [0.5, 0.6) is 0 Å². The van der Waals surface area contributed by atoms with E-state index in [2.05, 4.69) is 10.2 Å². The zero-order valence-electron chi connectivity index (χ0n) is 18.4. The fourth-order valence-corrected chi connectivity index (χ4v) is 6.57. The SMILES string of the molecule is Cc1cc(C)c(C)c(S(=O)(=O)N2CCN(C(C)C(=O)NCc3cccs3)CC2)c1C. The van der Waals surface area contributed by atoms with Gasteiger partial charge in [-0.3, -0.25) is 9.69 Å². The van der Waals surface area contributed by atoms with Crippen molar-refractivity contribution in [3.8, 4) is 0 Å². The molecule has 0 saturated carbocycles. The first-order valence-electron chi connectivity index (χ1n) is 10.2. The molecule has 0 aliphatic carbocycles. The van der Waals surface area contributed by atoms with Crippen molar-refractivity contribution >= 4 is 27.3 Å². The van der Waals surface area contributed by atoms with Crippen LogP contribution in [0.2, 0.25) is 0 Å². The average Bonchev–Trinajstić information content (AvgIpc) is 3.24. The van der Waals surface area contributed by atoms with Gasteiger partial charge in [-0.25, -0.2) is 8.42 Å². The molecule has 1 fully saturated rings. The number of carbonyl (C=O) groups is 1. The van der Waals surface area contributed by atoms with Crippen LogP contribution < -0.4 is 5.32 Å². The molecular weight excluding hydrogens is 418 g/mol. The minimum absolute atomic E-state index is 0.0271. The Bertz CT molecular complexity index is 982. The highest BCUT2D eigenvalue weighted by molar-refractivity contribution is 7.89. The molecular formula is C22H31N3O3S2. The first-order chi connectivity index (χ1) is 14.1. The zero-order valence-corrected chi connectivity index (χ0v) is 20.0. The zero-order chi connectivity index (χ0) is 22.1. The van der Waals surface area contributed by atoms with Crippen LogP contribution >= 0.6 is 11.3 Å². The molecule has 8 heteroatoms. The van der Waals surface area contributed by atoms with Gasteiger partial charge in [0.1, 0.15) is 0 Å². The molecule has 1 aromatic heterocycles. The Morgan fingerprint density at radius 1 is 1.10 bits per heavy atom. The lowest BCUT2D eigenvalue weighted by Crippen LogP contribution is -2.54. The minimum atomic E-state index is -3.57. The predicted octanol–water partition coefficient (Wildman–Crippen LogP) is 2.99. The van der Waals surface area contributed by atoms with Gasteiger partial charge >= 0.3 is 0 Å². The number of nitrogens with one attached hydrogen (secondary N) is 1. The number of thiophene rings is 1. The average molecular weight is 450 g/mol. The fourth-order valence-electron chi connectivity index (χ4n) is 3.93. The lowest BCUT2D eigenvalue weighted by Gasteiger charge is -2.37. The first-order valence-corrected chi connectivity index (χ1v) is 12.6. The highest BCUT2D eigenvalue weighted by atomic mass is 32.2.